The number of nitrogens with zero attached hydrogens (tertiary/aromatic N) is 5. The SMILES string of the molecule is Cc1nc([C@@H]2CCCN2Cc2nnc(-c3ccccc3)o2)n[nH]1. The lowest BCUT2D eigenvalue weighted by molar-refractivity contribution is 0.217. The lowest BCUT2D eigenvalue weighted by Gasteiger charge is -2.19. The first-order valence-electron chi connectivity index (χ1n) is 7.80. The van der Waals surface area contributed by atoms with Gasteiger partial charge in [-0.3, -0.25) is 10.00 Å². The number of H-pyrrole nitrogens is 1. The van der Waals surface area contributed by atoms with Crippen molar-refractivity contribution in [1.82, 2.24) is 30.3 Å². The van der Waals surface area contributed by atoms with Crippen LogP contribution in [0.2, 0.25) is 0 Å². The summed E-state index contributed by atoms with van der Waals surface area (Å²) in [6.07, 6.45) is 2.18. The molecule has 23 heavy (non-hydrogen) atoms. The van der Waals surface area contributed by atoms with Crippen molar-refractivity contribution >= 4 is 0 Å². The molecule has 0 radical (unpaired) electrons. The summed E-state index contributed by atoms with van der Waals surface area (Å²) in [5, 5.41) is 15.5. The average molecular weight is 310 g/mol. The highest BCUT2D eigenvalue weighted by Crippen LogP contribution is 2.31. The molecule has 1 aliphatic rings. The smallest absolute Gasteiger partial charge is 0.247 e. The Morgan fingerprint density at radius 3 is 2.91 bits per heavy atom. The van der Waals surface area contributed by atoms with Crippen molar-refractivity contribution in [3.8, 4) is 11.5 Å². The Labute approximate surface area is 133 Å². The summed E-state index contributed by atoms with van der Waals surface area (Å²) in [5.74, 6) is 2.88. The molecule has 7 heteroatoms. The predicted molar refractivity (Wildman–Crippen MR) is 83.2 cm³/mol. The second-order valence-corrected chi connectivity index (χ2v) is 5.77. The second kappa shape index (κ2) is 5.92. The molecular weight excluding hydrogens is 292 g/mol. The maximum absolute atomic E-state index is 5.81. The second-order valence-electron chi connectivity index (χ2n) is 5.77. The van der Waals surface area contributed by atoms with Gasteiger partial charge in [0.25, 0.3) is 0 Å². The van der Waals surface area contributed by atoms with E-state index in [0.717, 1.165) is 36.6 Å². The Balaban J connectivity index is 1.50. The molecule has 0 amide bonds. The molecule has 7 nitrogen and oxygen atoms in total. The average Bonchev–Trinajstić information content (AvgIpc) is 3.29. The fourth-order valence-corrected chi connectivity index (χ4v) is 3.01. The number of likely N-dealkylation sites (tertiary alicyclic amines) is 1. The molecular formula is C16H18N6O. The minimum Gasteiger partial charge on any atom is -0.419 e. The first-order chi connectivity index (χ1) is 11.3. The van der Waals surface area contributed by atoms with Crippen LogP contribution in [0.15, 0.2) is 34.7 Å². The van der Waals surface area contributed by atoms with E-state index in [1.165, 1.54) is 0 Å². The lowest BCUT2D eigenvalue weighted by Crippen LogP contribution is -2.23. The van der Waals surface area contributed by atoms with Crippen LogP contribution in [0.3, 0.4) is 0 Å². The maximum Gasteiger partial charge on any atom is 0.247 e. The number of aromatic amines is 1. The van der Waals surface area contributed by atoms with Gasteiger partial charge in [0.1, 0.15) is 5.82 Å². The van der Waals surface area contributed by atoms with Gasteiger partial charge in [-0.1, -0.05) is 18.2 Å². The van der Waals surface area contributed by atoms with E-state index >= 15 is 0 Å². The molecule has 0 spiro atoms. The number of hydrogen-bond acceptors (Lipinski definition) is 6. The standard InChI is InChI=1S/C16H18N6O/c1-11-17-15(20-18-11)13-8-5-9-22(13)10-14-19-21-16(23-14)12-6-3-2-4-7-12/h2-4,6-7,13H,5,8-10H2,1H3,(H,17,18,20)/t13-/m0/s1. The number of rotatable bonds is 4. The molecule has 1 aromatic carbocycles. The van der Waals surface area contributed by atoms with Gasteiger partial charge in [-0.05, 0) is 38.4 Å². The molecule has 0 bridgehead atoms. The summed E-state index contributed by atoms with van der Waals surface area (Å²) in [5.41, 5.74) is 0.939. The topological polar surface area (TPSA) is 83.7 Å². The number of benzene rings is 1. The van der Waals surface area contributed by atoms with Crippen molar-refractivity contribution in [1.29, 1.82) is 0 Å². The van der Waals surface area contributed by atoms with Gasteiger partial charge < -0.3 is 4.42 Å². The van der Waals surface area contributed by atoms with E-state index in [1.54, 1.807) is 0 Å². The van der Waals surface area contributed by atoms with Gasteiger partial charge in [-0.15, -0.1) is 10.2 Å². The summed E-state index contributed by atoms with van der Waals surface area (Å²) in [6, 6.07) is 10.0. The van der Waals surface area contributed by atoms with E-state index in [9.17, 15) is 0 Å². The zero-order valence-corrected chi connectivity index (χ0v) is 12.9. The Morgan fingerprint density at radius 1 is 1.26 bits per heavy atom. The van der Waals surface area contributed by atoms with Crippen molar-refractivity contribution < 1.29 is 4.42 Å². The molecule has 118 valence electrons. The van der Waals surface area contributed by atoms with Crippen LogP contribution in [-0.2, 0) is 6.54 Å². The minimum atomic E-state index is 0.215. The molecule has 1 atom stereocenters. The lowest BCUT2D eigenvalue weighted by atomic mass is 10.2. The highest BCUT2D eigenvalue weighted by atomic mass is 16.4. The highest BCUT2D eigenvalue weighted by molar-refractivity contribution is 5.51. The van der Waals surface area contributed by atoms with Crippen molar-refractivity contribution in [2.24, 2.45) is 0 Å². The number of nitrogens with one attached hydrogen (secondary N) is 1. The van der Waals surface area contributed by atoms with Gasteiger partial charge in [-0.25, -0.2) is 4.98 Å². The minimum absolute atomic E-state index is 0.215. The van der Waals surface area contributed by atoms with Crippen LogP contribution < -0.4 is 0 Å². The molecule has 3 heterocycles. The van der Waals surface area contributed by atoms with Gasteiger partial charge in [0, 0.05) is 5.56 Å². The quantitative estimate of drug-likeness (QED) is 0.797. The zero-order chi connectivity index (χ0) is 15.6. The van der Waals surface area contributed by atoms with Crippen molar-refractivity contribution in [3.63, 3.8) is 0 Å². The molecule has 1 aliphatic heterocycles. The Kier molecular flexibility index (Phi) is 3.63. The van der Waals surface area contributed by atoms with Crippen LogP contribution in [-0.4, -0.2) is 36.8 Å². The monoisotopic (exact) mass is 310 g/mol. The summed E-state index contributed by atoms with van der Waals surface area (Å²) in [6.45, 7) is 3.53. The molecule has 0 aliphatic carbocycles. The number of hydrogen-bond donors (Lipinski definition) is 1. The van der Waals surface area contributed by atoms with Crippen molar-refractivity contribution in [2.75, 3.05) is 6.54 Å². The fourth-order valence-electron chi connectivity index (χ4n) is 3.01. The molecule has 1 N–H and O–H groups in total. The third-order valence-electron chi connectivity index (χ3n) is 4.10. The van der Waals surface area contributed by atoms with Crippen LogP contribution in [0, 0.1) is 6.92 Å². The van der Waals surface area contributed by atoms with Gasteiger partial charge in [0.2, 0.25) is 11.8 Å². The van der Waals surface area contributed by atoms with Gasteiger partial charge >= 0.3 is 0 Å². The van der Waals surface area contributed by atoms with Crippen LogP contribution in [0.4, 0.5) is 0 Å². The Morgan fingerprint density at radius 2 is 2.13 bits per heavy atom. The van der Waals surface area contributed by atoms with E-state index in [1.807, 2.05) is 37.3 Å². The van der Waals surface area contributed by atoms with Gasteiger partial charge in [0.05, 0.1) is 12.6 Å². The van der Waals surface area contributed by atoms with Crippen LogP contribution in [0.1, 0.15) is 36.4 Å². The maximum atomic E-state index is 5.81. The summed E-state index contributed by atoms with van der Waals surface area (Å²) >= 11 is 0. The normalized spacial score (nSPS) is 18.6. The van der Waals surface area contributed by atoms with E-state index in [2.05, 4.69) is 30.3 Å². The van der Waals surface area contributed by atoms with Gasteiger partial charge in [-0.2, -0.15) is 5.10 Å². The summed E-state index contributed by atoms with van der Waals surface area (Å²) in [4.78, 5) is 6.76. The molecule has 2 aromatic heterocycles. The van der Waals surface area contributed by atoms with E-state index in [0.29, 0.717) is 18.3 Å². The third-order valence-corrected chi connectivity index (χ3v) is 4.10. The van der Waals surface area contributed by atoms with Crippen LogP contribution in [0.25, 0.3) is 11.5 Å². The summed E-state index contributed by atoms with van der Waals surface area (Å²) in [7, 11) is 0. The highest BCUT2D eigenvalue weighted by Gasteiger charge is 2.30. The molecule has 0 saturated carbocycles. The van der Waals surface area contributed by atoms with E-state index < -0.39 is 0 Å². The molecule has 4 rings (SSSR count). The largest absolute Gasteiger partial charge is 0.419 e. The number of aromatic nitrogens is 5. The van der Waals surface area contributed by atoms with Gasteiger partial charge in [0.15, 0.2) is 5.82 Å². The predicted octanol–water partition coefficient (Wildman–Crippen LogP) is 2.50. The molecule has 1 fully saturated rings. The van der Waals surface area contributed by atoms with Crippen molar-refractivity contribution in [3.05, 3.63) is 47.9 Å². The fraction of sp³-hybridized carbons (Fsp3) is 0.375. The summed E-state index contributed by atoms with van der Waals surface area (Å²) < 4.78 is 5.81. The molecule has 0 unspecified atom stereocenters. The first kappa shape index (κ1) is 14.1. The van der Waals surface area contributed by atoms with E-state index in [-0.39, 0.29) is 6.04 Å². The van der Waals surface area contributed by atoms with Crippen molar-refractivity contribution in [2.45, 2.75) is 32.4 Å². The number of aryl methyl sites for hydroxylation is 1. The third kappa shape index (κ3) is 2.87. The van der Waals surface area contributed by atoms with E-state index in [4.69, 9.17) is 4.42 Å². The first-order valence-corrected chi connectivity index (χ1v) is 7.80. The van der Waals surface area contributed by atoms with Crippen LogP contribution >= 0.6 is 0 Å². The van der Waals surface area contributed by atoms with Crippen LogP contribution in [0.5, 0.6) is 0 Å². The Bertz CT molecular complexity index is 781. The molecule has 1 saturated heterocycles. The Hall–Kier alpha value is -2.54. The molecule has 3 aromatic rings. The zero-order valence-electron chi connectivity index (χ0n) is 12.9.